The van der Waals surface area contributed by atoms with Crippen LogP contribution in [0.1, 0.15) is 13.8 Å². The number of rotatable bonds is 2. The number of azo groups is 1. The Morgan fingerprint density at radius 3 is 1.90 bits per heavy atom. The molecule has 6 heteroatoms. The number of nitro groups is 1. The first-order valence-electron chi connectivity index (χ1n) is 2.64. The van der Waals surface area contributed by atoms with E-state index in [1.54, 1.807) is 0 Å². The fourth-order valence-corrected chi connectivity index (χ4v) is 0.315. The van der Waals surface area contributed by atoms with Gasteiger partial charge in [-0.05, 0) is 9.97 Å². The average Bonchev–Trinajstić information content (AvgIpc) is 1.86. The summed E-state index contributed by atoms with van der Waals surface area (Å²) in [7, 11) is 1.21. The van der Waals surface area contributed by atoms with Gasteiger partial charge < -0.3 is 5.21 Å². The lowest BCUT2D eigenvalue weighted by Gasteiger charge is -2.10. The highest BCUT2D eigenvalue weighted by Crippen LogP contribution is 2.07. The molecule has 0 aliphatic rings. The highest BCUT2D eigenvalue weighted by atomic mass is 16.6. The molecular weight excluding hydrogens is 138 g/mol. The molecule has 0 heterocycles. The minimum Gasteiger partial charge on any atom is -0.594 e. The Kier molecular flexibility index (Phi) is 2.28. The summed E-state index contributed by atoms with van der Waals surface area (Å²) in [6, 6.07) is 0. The summed E-state index contributed by atoms with van der Waals surface area (Å²) in [6.45, 7) is 2.38. The van der Waals surface area contributed by atoms with Crippen molar-refractivity contribution in [1.29, 1.82) is 0 Å². The number of hydrogen-bond donors (Lipinski definition) is 0. The lowest BCUT2D eigenvalue weighted by atomic mass is 10.3. The molecule has 0 aromatic rings. The third-order valence-corrected chi connectivity index (χ3v) is 1.10. The van der Waals surface area contributed by atoms with Crippen LogP contribution in [-0.2, 0) is 0 Å². The molecule has 0 rings (SSSR count). The van der Waals surface area contributed by atoms with Crippen LogP contribution in [0.4, 0.5) is 0 Å². The predicted octanol–water partition coefficient (Wildman–Crippen LogP) is 0.592. The third-order valence-electron chi connectivity index (χ3n) is 1.10. The molecule has 0 radical (unpaired) electrons. The second kappa shape index (κ2) is 2.59. The maximum atomic E-state index is 10.6. The number of hydrogen-bond acceptors (Lipinski definition) is 4. The van der Waals surface area contributed by atoms with E-state index >= 15 is 0 Å². The monoisotopic (exact) mass is 147 g/mol. The van der Waals surface area contributed by atoms with E-state index in [9.17, 15) is 15.3 Å². The summed E-state index contributed by atoms with van der Waals surface area (Å²) in [4.78, 5) is 9.50. The first-order valence-corrected chi connectivity index (χ1v) is 2.64. The summed E-state index contributed by atoms with van der Waals surface area (Å²) in [5.41, 5.74) is -1.66. The van der Waals surface area contributed by atoms with Gasteiger partial charge in [-0.3, -0.25) is 10.1 Å². The lowest BCUT2D eigenvalue weighted by Crippen LogP contribution is -2.40. The van der Waals surface area contributed by atoms with Gasteiger partial charge in [-0.25, -0.2) is 0 Å². The lowest BCUT2D eigenvalue weighted by molar-refractivity contribution is -0.805. The minimum atomic E-state index is -1.66. The van der Waals surface area contributed by atoms with E-state index in [1.807, 2.05) is 0 Å². The van der Waals surface area contributed by atoms with Crippen molar-refractivity contribution in [3.63, 3.8) is 0 Å². The maximum Gasteiger partial charge on any atom is 0.432 e. The Morgan fingerprint density at radius 2 is 1.80 bits per heavy atom. The Morgan fingerprint density at radius 1 is 1.40 bits per heavy atom. The highest BCUT2D eigenvalue weighted by Gasteiger charge is 2.41. The average molecular weight is 147 g/mol. The fourth-order valence-electron chi connectivity index (χ4n) is 0.315. The molecule has 0 aliphatic heterocycles. The van der Waals surface area contributed by atoms with E-state index in [-0.39, 0.29) is 4.86 Å². The highest BCUT2D eigenvalue weighted by molar-refractivity contribution is 4.46. The van der Waals surface area contributed by atoms with Crippen molar-refractivity contribution in [3.05, 3.63) is 15.3 Å². The smallest absolute Gasteiger partial charge is 0.432 e. The van der Waals surface area contributed by atoms with Crippen LogP contribution in [0.5, 0.6) is 0 Å². The van der Waals surface area contributed by atoms with Crippen LogP contribution in [0.2, 0.25) is 0 Å². The Labute approximate surface area is 57.9 Å². The van der Waals surface area contributed by atoms with E-state index in [4.69, 9.17) is 0 Å². The van der Waals surface area contributed by atoms with Gasteiger partial charge in [0.15, 0.2) is 0 Å². The SMILES string of the molecule is CN=[N+]([O-])C(C)(C)[N+](=O)[O-]. The number of hydroxylamine groups is 1. The molecule has 0 amide bonds. The Balaban J connectivity index is 4.56. The molecule has 0 fully saturated rings. The van der Waals surface area contributed by atoms with Gasteiger partial charge in [-0.15, -0.1) is 0 Å². The summed E-state index contributed by atoms with van der Waals surface area (Å²) in [5.74, 6) is 0. The van der Waals surface area contributed by atoms with Gasteiger partial charge in [-0.2, -0.15) is 0 Å². The molecule has 0 unspecified atom stereocenters. The van der Waals surface area contributed by atoms with E-state index in [1.165, 1.54) is 20.9 Å². The molecule has 0 atom stereocenters. The van der Waals surface area contributed by atoms with Gasteiger partial charge in [0.25, 0.3) is 0 Å². The molecule has 0 bridgehead atoms. The summed E-state index contributed by atoms with van der Waals surface area (Å²) < 4.78 is 0. The largest absolute Gasteiger partial charge is 0.594 e. The first-order chi connectivity index (χ1) is 4.42. The molecule has 0 spiro atoms. The molecule has 0 aromatic heterocycles. The molecule has 58 valence electrons. The van der Waals surface area contributed by atoms with Crippen LogP contribution in [0.15, 0.2) is 5.11 Å². The molecule has 0 aliphatic carbocycles. The topological polar surface area (TPSA) is 81.6 Å². The molecule has 6 nitrogen and oxygen atoms in total. The normalized spacial score (nSPS) is 13.3. The summed E-state index contributed by atoms with van der Waals surface area (Å²) in [6.07, 6.45) is 0. The van der Waals surface area contributed by atoms with Crippen molar-refractivity contribution in [2.75, 3.05) is 7.05 Å². The quantitative estimate of drug-likeness (QED) is 0.188. The summed E-state index contributed by atoms with van der Waals surface area (Å²) in [5, 5.41) is 23.8. The fraction of sp³-hybridized carbons (Fsp3) is 1.00. The zero-order valence-electron chi connectivity index (χ0n) is 6.07. The molecule has 0 N–H and O–H groups in total. The molecule has 10 heavy (non-hydrogen) atoms. The van der Waals surface area contributed by atoms with Crippen LogP contribution >= 0.6 is 0 Å². The molecule has 0 saturated heterocycles. The number of nitrogens with zero attached hydrogens (tertiary/aromatic N) is 3. The maximum absolute atomic E-state index is 10.6. The predicted molar refractivity (Wildman–Crippen MR) is 33.1 cm³/mol. The Hall–Kier alpha value is -1.20. The third kappa shape index (κ3) is 1.40. The van der Waals surface area contributed by atoms with Gasteiger partial charge in [0, 0.05) is 0 Å². The van der Waals surface area contributed by atoms with Gasteiger partial charge in [0.1, 0.15) is 0 Å². The van der Waals surface area contributed by atoms with Gasteiger partial charge in [-0.1, -0.05) is 0 Å². The Bertz CT molecular complexity index is 175. The van der Waals surface area contributed by atoms with Crippen molar-refractivity contribution in [1.82, 2.24) is 0 Å². The van der Waals surface area contributed by atoms with E-state index in [0.717, 1.165) is 0 Å². The van der Waals surface area contributed by atoms with Crippen molar-refractivity contribution >= 4 is 0 Å². The van der Waals surface area contributed by atoms with Crippen LogP contribution < -0.4 is 0 Å². The van der Waals surface area contributed by atoms with Crippen LogP contribution in [0, 0.1) is 15.3 Å². The zero-order valence-corrected chi connectivity index (χ0v) is 6.07. The summed E-state index contributed by atoms with van der Waals surface area (Å²) >= 11 is 0. The van der Waals surface area contributed by atoms with Crippen molar-refractivity contribution in [2.45, 2.75) is 19.5 Å². The molecule has 0 saturated carbocycles. The minimum absolute atomic E-state index is 0.0625. The second-order valence-corrected chi connectivity index (χ2v) is 2.22. The van der Waals surface area contributed by atoms with Crippen molar-refractivity contribution < 1.29 is 9.78 Å². The molecule has 0 aromatic carbocycles. The zero-order chi connectivity index (χ0) is 8.36. The van der Waals surface area contributed by atoms with Gasteiger partial charge in [0.2, 0.25) is 0 Å². The van der Waals surface area contributed by atoms with Crippen LogP contribution in [-0.4, -0.2) is 22.5 Å². The van der Waals surface area contributed by atoms with Gasteiger partial charge >= 0.3 is 5.66 Å². The second-order valence-electron chi connectivity index (χ2n) is 2.22. The van der Waals surface area contributed by atoms with Crippen LogP contribution in [0.3, 0.4) is 0 Å². The van der Waals surface area contributed by atoms with E-state index in [0.29, 0.717) is 0 Å². The molecular formula is C4H9N3O3. The van der Waals surface area contributed by atoms with Crippen LogP contribution in [0.25, 0.3) is 0 Å². The van der Waals surface area contributed by atoms with Crippen molar-refractivity contribution in [2.24, 2.45) is 5.11 Å². The standard InChI is InChI=1S/C4H9N3O3/c1-4(2,7(9)10)6(8)5-3/h1-3H3. The van der Waals surface area contributed by atoms with E-state index in [2.05, 4.69) is 5.11 Å². The van der Waals surface area contributed by atoms with Gasteiger partial charge in [0.05, 0.1) is 25.8 Å². The van der Waals surface area contributed by atoms with Crippen molar-refractivity contribution in [3.8, 4) is 0 Å². The first kappa shape index (κ1) is 8.80. The van der Waals surface area contributed by atoms with E-state index < -0.39 is 10.6 Å².